The number of carbonyl (C=O) groups excluding carboxylic acids is 2. The first-order valence-electron chi connectivity index (χ1n) is 14.7. The summed E-state index contributed by atoms with van der Waals surface area (Å²) in [6.45, 7) is 0. The van der Waals surface area contributed by atoms with Gasteiger partial charge >= 0.3 is 17.9 Å². The largest absolute Gasteiger partial charge is 0.508 e. The molecule has 0 aliphatic rings. The number of phenolic OH excluding ortho intramolecular Hbond substituents is 1. The van der Waals surface area contributed by atoms with Gasteiger partial charge in [0.05, 0.1) is 33.5 Å². The number of aliphatic carboxylic acids is 1. The number of hydrogen-bond donors (Lipinski definition) is 2. The molecule has 0 aliphatic heterocycles. The monoisotopic (exact) mass is 720 g/mol. The van der Waals surface area contributed by atoms with Gasteiger partial charge in [0.15, 0.2) is 0 Å². The van der Waals surface area contributed by atoms with Gasteiger partial charge in [-0.1, -0.05) is 67.0 Å². The maximum absolute atomic E-state index is 11.2. The first-order chi connectivity index (χ1) is 23.5. The lowest BCUT2D eigenvalue weighted by Crippen LogP contribution is -2.04. The number of ether oxygens (including phenoxy) is 4. The Labute approximate surface area is 301 Å². The number of carboxylic acid groups (broad SMARTS) is 1. The minimum atomic E-state index is -0.862. The van der Waals surface area contributed by atoms with E-state index in [0.717, 1.165) is 11.1 Å². The summed E-state index contributed by atoms with van der Waals surface area (Å²) >= 11 is 11.6. The SMILES string of the molecule is C.COC(=O)Cc1cccc(O)c1.COC(=O)Cc1cccc(Oc2ccc(Cl)cc2)c1.O=C(O)Cc1cccc(Oc2ccc(Cl)cc2)c1. The lowest BCUT2D eigenvalue weighted by Gasteiger charge is -2.07. The number of esters is 2. The number of aromatic hydroxyl groups is 1. The van der Waals surface area contributed by atoms with Gasteiger partial charge in [-0.05, 0) is 102 Å². The average molecular weight is 722 g/mol. The van der Waals surface area contributed by atoms with Gasteiger partial charge in [-0.2, -0.15) is 0 Å². The Hall–Kier alpha value is -5.51. The van der Waals surface area contributed by atoms with Crippen LogP contribution in [0.5, 0.6) is 28.7 Å². The zero-order valence-corrected chi connectivity index (χ0v) is 28.2. The minimum absolute atomic E-state index is 0. The van der Waals surface area contributed by atoms with Crippen molar-refractivity contribution in [2.45, 2.75) is 26.7 Å². The third-order valence-corrected chi connectivity index (χ3v) is 6.82. The molecule has 0 aliphatic carbocycles. The summed E-state index contributed by atoms with van der Waals surface area (Å²) in [6.07, 6.45) is 0.414. The summed E-state index contributed by atoms with van der Waals surface area (Å²) in [5, 5.41) is 19.1. The maximum Gasteiger partial charge on any atom is 0.309 e. The van der Waals surface area contributed by atoms with Crippen LogP contribution in [-0.4, -0.2) is 42.3 Å². The summed E-state index contributed by atoms with van der Waals surface area (Å²) in [7, 11) is 2.71. The van der Waals surface area contributed by atoms with E-state index in [9.17, 15) is 14.4 Å². The topological polar surface area (TPSA) is 129 Å². The van der Waals surface area contributed by atoms with Crippen molar-refractivity contribution in [2.75, 3.05) is 14.2 Å². The summed E-state index contributed by atoms with van der Waals surface area (Å²) in [6, 6.07) is 35.0. The molecular weight excluding hydrogens is 683 g/mol. The quantitative estimate of drug-likeness (QED) is 0.136. The Morgan fingerprint density at radius 1 is 0.540 bits per heavy atom. The van der Waals surface area contributed by atoms with Gasteiger partial charge in [-0.25, -0.2) is 0 Å². The van der Waals surface area contributed by atoms with Gasteiger partial charge in [0.1, 0.15) is 28.7 Å². The molecule has 0 aromatic heterocycles. The van der Waals surface area contributed by atoms with E-state index in [0.29, 0.717) is 38.6 Å². The molecule has 0 unspecified atom stereocenters. The summed E-state index contributed by atoms with van der Waals surface area (Å²) in [5.41, 5.74) is 2.30. The third kappa shape index (κ3) is 15.6. The smallest absolute Gasteiger partial charge is 0.309 e. The van der Waals surface area contributed by atoms with E-state index in [1.54, 1.807) is 91.0 Å². The molecule has 0 amide bonds. The van der Waals surface area contributed by atoms with Crippen molar-refractivity contribution in [2.24, 2.45) is 0 Å². The fraction of sp³-hybridized carbons (Fsp3) is 0.154. The Morgan fingerprint density at radius 2 is 0.920 bits per heavy atom. The molecule has 2 N–H and O–H groups in total. The molecule has 0 bridgehead atoms. The number of phenols is 1. The van der Waals surface area contributed by atoms with Crippen LogP contribution >= 0.6 is 23.2 Å². The number of hydrogen-bond acceptors (Lipinski definition) is 8. The second-order valence-corrected chi connectivity index (χ2v) is 11.0. The van der Waals surface area contributed by atoms with E-state index in [2.05, 4.69) is 9.47 Å². The van der Waals surface area contributed by atoms with Crippen LogP contribution in [0, 0.1) is 0 Å². The molecular formula is C39H38Cl2O9. The summed E-state index contributed by atoms with van der Waals surface area (Å²) in [4.78, 5) is 32.6. The van der Waals surface area contributed by atoms with Crippen LogP contribution in [0.1, 0.15) is 24.1 Å². The van der Waals surface area contributed by atoms with Gasteiger partial charge in [0.25, 0.3) is 0 Å². The number of halogens is 2. The van der Waals surface area contributed by atoms with Crippen molar-refractivity contribution >= 4 is 41.1 Å². The van der Waals surface area contributed by atoms with Crippen molar-refractivity contribution in [3.8, 4) is 28.7 Å². The molecule has 0 spiro atoms. The summed E-state index contributed by atoms with van der Waals surface area (Å²) < 4.78 is 20.4. The van der Waals surface area contributed by atoms with Crippen LogP contribution in [0.2, 0.25) is 10.0 Å². The standard InChI is InChI=1S/C15H13ClO3.C14H11ClO3.C9H10O3.CH4/c1-18-15(17)10-11-3-2-4-14(9-11)19-13-7-5-12(16)6-8-13;15-11-4-6-12(7-5-11)18-13-3-1-2-10(8-13)9-14(16)17;1-12-9(11)6-7-3-2-4-8(10)5-7;/h2-9H,10H2,1H3;1-8H,9H2,(H,16,17);2-5,10H,6H2,1H3;1H4. The zero-order chi connectivity index (χ0) is 35.6. The van der Waals surface area contributed by atoms with Gasteiger partial charge in [-0.15, -0.1) is 0 Å². The Bertz CT molecular complexity index is 1810. The Kier molecular flexibility index (Phi) is 17.5. The molecule has 0 saturated carbocycles. The van der Waals surface area contributed by atoms with Crippen LogP contribution in [-0.2, 0) is 43.1 Å². The van der Waals surface area contributed by atoms with Crippen molar-refractivity contribution in [1.29, 1.82) is 0 Å². The van der Waals surface area contributed by atoms with Gasteiger partial charge < -0.3 is 29.2 Å². The average Bonchev–Trinajstić information content (AvgIpc) is 3.07. The Morgan fingerprint density at radius 3 is 1.30 bits per heavy atom. The highest BCUT2D eigenvalue weighted by molar-refractivity contribution is 6.30. The van der Waals surface area contributed by atoms with E-state index >= 15 is 0 Å². The number of rotatable bonds is 10. The normalized spacial score (nSPS) is 9.68. The van der Waals surface area contributed by atoms with E-state index in [4.69, 9.17) is 42.9 Å². The molecule has 5 aromatic carbocycles. The highest BCUT2D eigenvalue weighted by Gasteiger charge is 2.06. The van der Waals surface area contributed by atoms with Crippen molar-refractivity contribution in [1.82, 2.24) is 0 Å². The molecule has 0 radical (unpaired) electrons. The van der Waals surface area contributed by atoms with Crippen molar-refractivity contribution in [3.63, 3.8) is 0 Å². The lowest BCUT2D eigenvalue weighted by atomic mass is 10.1. The molecule has 9 nitrogen and oxygen atoms in total. The first kappa shape index (κ1) is 40.7. The van der Waals surface area contributed by atoms with Crippen LogP contribution in [0.15, 0.2) is 121 Å². The predicted molar refractivity (Wildman–Crippen MR) is 194 cm³/mol. The second-order valence-electron chi connectivity index (χ2n) is 10.2. The van der Waals surface area contributed by atoms with Crippen LogP contribution in [0.3, 0.4) is 0 Å². The third-order valence-electron chi connectivity index (χ3n) is 6.31. The van der Waals surface area contributed by atoms with E-state index in [1.807, 2.05) is 24.3 Å². The molecule has 50 heavy (non-hydrogen) atoms. The molecule has 0 atom stereocenters. The number of carboxylic acids is 1. The Balaban J connectivity index is 0.000000264. The molecule has 11 heteroatoms. The molecule has 262 valence electrons. The molecule has 0 fully saturated rings. The van der Waals surface area contributed by atoms with Crippen LogP contribution in [0.25, 0.3) is 0 Å². The molecule has 5 aromatic rings. The number of carbonyl (C=O) groups is 3. The first-order valence-corrected chi connectivity index (χ1v) is 15.5. The number of benzene rings is 5. The van der Waals surface area contributed by atoms with Crippen LogP contribution in [0.4, 0.5) is 0 Å². The van der Waals surface area contributed by atoms with E-state index in [1.165, 1.54) is 20.3 Å². The maximum atomic E-state index is 11.2. The van der Waals surface area contributed by atoms with Crippen LogP contribution < -0.4 is 9.47 Å². The predicted octanol–water partition coefficient (Wildman–Crippen LogP) is 9.35. The lowest BCUT2D eigenvalue weighted by molar-refractivity contribution is -0.140. The molecule has 5 rings (SSSR count). The fourth-order valence-corrected chi connectivity index (χ4v) is 4.29. The fourth-order valence-electron chi connectivity index (χ4n) is 4.03. The van der Waals surface area contributed by atoms with E-state index < -0.39 is 5.97 Å². The second kappa shape index (κ2) is 21.5. The summed E-state index contributed by atoms with van der Waals surface area (Å²) in [5.74, 6) is 1.35. The van der Waals surface area contributed by atoms with Gasteiger partial charge in [-0.3, -0.25) is 14.4 Å². The van der Waals surface area contributed by atoms with Crippen molar-refractivity contribution in [3.05, 3.63) is 148 Å². The zero-order valence-electron chi connectivity index (χ0n) is 26.7. The van der Waals surface area contributed by atoms with Gasteiger partial charge in [0.2, 0.25) is 0 Å². The van der Waals surface area contributed by atoms with Gasteiger partial charge in [0, 0.05) is 10.0 Å². The number of methoxy groups -OCH3 is 2. The minimum Gasteiger partial charge on any atom is -0.508 e. The highest BCUT2D eigenvalue weighted by Crippen LogP contribution is 2.25. The van der Waals surface area contributed by atoms with E-state index in [-0.39, 0.29) is 44.4 Å². The molecule has 0 saturated heterocycles. The molecule has 0 heterocycles. The van der Waals surface area contributed by atoms with Crippen molar-refractivity contribution < 1.29 is 43.5 Å². The highest BCUT2D eigenvalue weighted by atomic mass is 35.5.